The number of hydrogen-bond acceptors (Lipinski definition) is 5. The third-order valence-electron chi connectivity index (χ3n) is 7.77. The van der Waals surface area contributed by atoms with Crippen LogP contribution in [0.15, 0.2) is 48.5 Å². The monoisotopic (exact) mass is 519 g/mol. The Morgan fingerprint density at radius 3 is 2.63 bits per heavy atom. The number of ether oxygens (including phenoxy) is 1. The van der Waals surface area contributed by atoms with E-state index in [2.05, 4.69) is 29.3 Å². The molecular weight excluding hydrogens is 481 g/mol. The van der Waals surface area contributed by atoms with E-state index in [1.807, 2.05) is 39.1 Å². The first-order valence-electron chi connectivity index (χ1n) is 13.0. The summed E-state index contributed by atoms with van der Waals surface area (Å²) in [4.78, 5) is 14.8. The molecule has 3 aromatic carbocycles. The van der Waals surface area contributed by atoms with E-state index in [4.69, 9.17) is 10.5 Å². The van der Waals surface area contributed by atoms with E-state index in [1.165, 1.54) is 12.1 Å². The highest BCUT2D eigenvalue weighted by Crippen LogP contribution is 2.45. The van der Waals surface area contributed by atoms with Gasteiger partial charge in [0.1, 0.15) is 17.7 Å². The highest BCUT2D eigenvalue weighted by Gasteiger charge is 2.40. The van der Waals surface area contributed by atoms with Crippen LogP contribution in [0.3, 0.4) is 0 Å². The Morgan fingerprint density at radius 2 is 1.95 bits per heavy atom. The fourth-order valence-corrected chi connectivity index (χ4v) is 5.50. The number of halogens is 1. The molecule has 0 aliphatic carbocycles. The van der Waals surface area contributed by atoms with Crippen molar-refractivity contribution in [3.63, 3.8) is 0 Å². The van der Waals surface area contributed by atoms with Crippen molar-refractivity contribution in [2.75, 3.05) is 24.6 Å². The molecule has 1 heterocycles. The molecule has 1 aliphatic heterocycles. The summed E-state index contributed by atoms with van der Waals surface area (Å²) in [5, 5.41) is 13.4. The number of fused-ring (bicyclic) bond motifs is 1. The topological polar surface area (TPSA) is 87.8 Å². The summed E-state index contributed by atoms with van der Waals surface area (Å²) in [5.74, 6) is -0.864. The number of aryl methyl sites for hydroxylation is 1. The first-order valence-corrected chi connectivity index (χ1v) is 13.0. The quantitative estimate of drug-likeness (QED) is 0.327. The van der Waals surface area contributed by atoms with Crippen LogP contribution in [0, 0.1) is 25.1 Å². The van der Waals surface area contributed by atoms with E-state index < -0.39 is 17.3 Å². The summed E-state index contributed by atoms with van der Waals surface area (Å²) in [6.45, 7) is 11.4. The number of nitrogens with zero attached hydrogens (tertiary/aromatic N) is 1. The summed E-state index contributed by atoms with van der Waals surface area (Å²) in [7, 11) is 1.82. The lowest BCUT2D eigenvalue weighted by Crippen LogP contribution is -2.33. The lowest BCUT2D eigenvalue weighted by molar-refractivity contribution is -0.147. The van der Waals surface area contributed by atoms with Gasteiger partial charge in [-0.25, -0.2) is 4.39 Å². The number of nitrogens with two attached hydrogens (primary N) is 1. The summed E-state index contributed by atoms with van der Waals surface area (Å²) < 4.78 is 20.0. The van der Waals surface area contributed by atoms with Gasteiger partial charge in [-0.1, -0.05) is 24.3 Å². The number of carboxylic acid groups (broad SMARTS) is 1. The van der Waals surface area contributed by atoms with Crippen LogP contribution in [0.1, 0.15) is 60.1 Å². The van der Waals surface area contributed by atoms with Crippen molar-refractivity contribution >= 4 is 17.3 Å². The molecule has 0 spiro atoms. The number of benzene rings is 3. The maximum atomic E-state index is 14.0. The van der Waals surface area contributed by atoms with Crippen molar-refractivity contribution < 1.29 is 19.0 Å². The molecule has 0 radical (unpaired) electrons. The first-order chi connectivity index (χ1) is 17.9. The van der Waals surface area contributed by atoms with Gasteiger partial charge in [0.05, 0.1) is 16.8 Å². The van der Waals surface area contributed by atoms with Crippen LogP contribution in [-0.2, 0) is 17.9 Å². The van der Waals surface area contributed by atoms with Crippen molar-refractivity contribution in [3.8, 4) is 5.75 Å². The minimum absolute atomic E-state index is 0.0554. The molecule has 2 atom stereocenters. The van der Waals surface area contributed by atoms with Gasteiger partial charge in [0.2, 0.25) is 0 Å². The molecule has 38 heavy (non-hydrogen) atoms. The number of nitrogen functional groups attached to an aromatic ring is 1. The number of carbonyl (C=O) groups is 1. The zero-order chi connectivity index (χ0) is 27.8. The Labute approximate surface area is 224 Å². The zero-order valence-electron chi connectivity index (χ0n) is 23.1. The molecule has 6 nitrogen and oxygen atoms in total. The SMILES string of the molecule is CNc1ccc(C(c2ccc(C)c(CN3Cc4cc(F)ccc4OC(C)C3)c2)C(C)(C)C(=O)O)c(C)c1N. The number of rotatable bonds is 7. The smallest absolute Gasteiger partial charge is 0.310 e. The first kappa shape index (κ1) is 27.5. The largest absolute Gasteiger partial charge is 0.489 e. The number of aliphatic carboxylic acids is 1. The lowest BCUT2D eigenvalue weighted by Gasteiger charge is -2.34. The van der Waals surface area contributed by atoms with Crippen molar-refractivity contribution in [3.05, 3.63) is 87.7 Å². The van der Waals surface area contributed by atoms with Crippen LogP contribution in [0.2, 0.25) is 0 Å². The highest BCUT2D eigenvalue weighted by atomic mass is 19.1. The normalized spacial score (nSPS) is 16.8. The fourth-order valence-electron chi connectivity index (χ4n) is 5.50. The Morgan fingerprint density at radius 1 is 1.21 bits per heavy atom. The number of anilines is 2. The molecule has 4 rings (SSSR count). The van der Waals surface area contributed by atoms with Crippen LogP contribution < -0.4 is 15.8 Å². The van der Waals surface area contributed by atoms with Crippen LogP contribution in [0.25, 0.3) is 0 Å². The Kier molecular flexibility index (Phi) is 7.70. The lowest BCUT2D eigenvalue weighted by atomic mass is 9.69. The average molecular weight is 520 g/mol. The molecule has 7 heteroatoms. The van der Waals surface area contributed by atoms with Crippen LogP contribution >= 0.6 is 0 Å². The molecule has 202 valence electrons. The molecule has 4 N–H and O–H groups in total. The summed E-state index contributed by atoms with van der Waals surface area (Å²) >= 11 is 0. The van der Waals surface area contributed by atoms with Crippen molar-refractivity contribution in [1.29, 1.82) is 0 Å². The maximum Gasteiger partial charge on any atom is 0.310 e. The third kappa shape index (κ3) is 5.34. The molecular formula is C31H38FN3O3. The summed E-state index contributed by atoms with van der Waals surface area (Å²) in [6.07, 6.45) is -0.0554. The molecule has 0 bridgehead atoms. The standard InChI is InChI=1S/C31H38FN3O3/c1-18-7-8-21(28(31(4,5)30(36)37)25-10-11-26(34-6)29(33)20(25)3)13-22(18)16-35-15-19(2)38-27-12-9-24(32)14-23(27)17-35/h7-14,19,28,34H,15-17,33H2,1-6H3,(H,36,37). The second-order valence-electron chi connectivity index (χ2n) is 11.0. The molecule has 3 aromatic rings. The molecule has 0 aromatic heterocycles. The van der Waals surface area contributed by atoms with E-state index in [1.54, 1.807) is 19.9 Å². The Hall–Kier alpha value is -3.58. The molecule has 0 saturated heterocycles. The van der Waals surface area contributed by atoms with E-state index in [9.17, 15) is 14.3 Å². The van der Waals surface area contributed by atoms with Crippen molar-refractivity contribution in [1.82, 2.24) is 4.90 Å². The van der Waals surface area contributed by atoms with Gasteiger partial charge in [-0.2, -0.15) is 0 Å². The Bertz CT molecular complexity index is 1350. The molecule has 0 amide bonds. The van der Waals surface area contributed by atoms with Gasteiger partial charge in [-0.05, 0) is 86.7 Å². The van der Waals surface area contributed by atoms with Gasteiger partial charge in [0.15, 0.2) is 0 Å². The zero-order valence-corrected chi connectivity index (χ0v) is 23.1. The summed E-state index contributed by atoms with van der Waals surface area (Å²) in [5.41, 5.74) is 12.5. The average Bonchev–Trinajstić information content (AvgIpc) is 3.00. The predicted octanol–water partition coefficient (Wildman–Crippen LogP) is 6.09. The number of carboxylic acids is 1. The highest BCUT2D eigenvalue weighted by molar-refractivity contribution is 5.78. The van der Waals surface area contributed by atoms with Crippen molar-refractivity contribution in [2.24, 2.45) is 5.41 Å². The van der Waals surface area contributed by atoms with E-state index in [0.29, 0.717) is 31.1 Å². The van der Waals surface area contributed by atoms with Gasteiger partial charge < -0.3 is 20.9 Å². The molecule has 1 aliphatic rings. The minimum atomic E-state index is -1.09. The molecule has 2 unspecified atom stereocenters. The van der Waals surface area contributed by atoms with Gasteiger partial charge >= 0.3 is 5.97 Å². The molecule has 0 saturated carbocycles. The third-order valence-corrected chi connectivity index (χ3v) is 7.77. The van der Waals surface area contributed by atoms with Crippen LogP contribution in [-0.4, -0.2) is 35.7 Å². The fraction of sp³-hybridized carbons (Fsp3) is 0.387. The van der Waals surface area contributed by atoms with Gasteiger partial charge in [0.25, 0.3) is 0 Å². The van der Waals surface area contributed by atoms with Crippen LogP contribution in [0.4, 0.5) is 15.8 Å². The van der Waals surface area contributed by atoms with E-state index in [0.717, 1.165) is 39.1 Å². The van der Waals surface area contributed by atoms with E-state index >= 15 is 0 Å². The second kappa shape index (κ2) is 10.7. The maximum absolute atomic E-state index is 14.0. The second-order valence-corrected chi connectivity index (χ2v) is 11.0. The Balaban J connectivity index is 1.76. The number of nitrogens with one attached hydrogen (secondary N) is 1. The summed E-state index contributed by atoms with van der Waals surface area (Å²) in [6, 6.07) is 14.8. The predicted molar refractivity (Wildman–Crippen MR) is 150 cm³/mol. The van der Waals surface area contributed by atoms with Gasteiger partial charge in [-0.15, -0.1) is 0 Å². The van der Waals surface area contributed by atoms with Gasteiger partial charge in [-0.3, -0.25) is 9.69 Å². The number of hydrogen-bond donors (Lipinski definition) is 3. The molecule has 0 fully saturated rings. The minimum Gasteiger partial charge on any atom is -0.489 e. The van der Waals surface area contributed by atoms with Crippen LogP contribution in [0.5, 0.6) is 5.75 Å². The van der Waals surface area contributed by atoms with Gasteiger partial charge in [0, 0.05) is 38.2 Å². The van der Waals surface area contributed by atoms with Crippen molar-refractivity contribution in [2.45, 2.75) is 59.7 Å². The van der Waals surface area contributed by atoms with E-state index in [-0.39, 0.29) is 11.9 Å².